The standard InChI is InChI=1S/C10H23NS/c1-4-7-10(9-12)8-11(5-2)6-3/h10,12H,4-9H2,1-3H3. The summed E-state index contributed by atoms with van der Waals surface area (Å²) < 4.78 is 0. The molecule has 0 N–H and O–H groups in total. The highest BCUT2D eigenvalue weighted by Gasteiger charge is 2.08. The molecular weight excluding hydrogens is 166 g/mol. The maximum atomic E-state index is 4.38. The summed E-state index contributed by atoms with van der Waals surface area (Å²) in [4.78, 5) is 2.48. The summed E-state index contributed by atoms with van der Waals surface area (Å²) in [5, 5.41) is 0. The fourth-order valence-electron chi connectivity index (χ4n) is 1.50. The second-order valence-electron chi connectivity index (χ2n) is 3.32. The van der Waals surface area contributed by atoms with Gasteiger partial charge in [0.2, 0.25) is 0 Å². The van der Waals surface area contributed by atoms with Gasteiger partial charge in [-0.05, 0) is 31.2 Å². The van der Waals surface area contributed by atoms with Crippen molar-refractivity contribution in [1.82, 2.24) is 4.90 Å². The van der Waals surface area contributed by atoms with Crippen molar-refractivity contribution in [3.8, 4) is 0 Å². The lowest BCUT2D eigenvalue weighted by molar-refractivity contribution is 0.256. The van der Waals surface area contributed by atoms with Crippen molar-refractivity contribution in [2.75, 3.05) is 25.4 Å². The van der Waals surface area contributed by atoms with E-state index in [0.717, 1.165) is 11.7 Å². The Morgan fingerprint density at radius 1 is 1.17 bits per heavy atom. The van der Waals surface area contributed by atoms with E-state index in [4.69, 9.17) is 0 Å². The van der Waals surface area contributed by atoms with Crippen LogP contribution in [-0.2, 0) is 0 Å². The maximum absolute atomic E-state index is 4.38. The fraction of sp³-hybridized carbons (Fsp3) is 1.00. The molecule has 0 saturated heterocycles. The summed E-state index contributed by atoms with van der Waals surface area (Å²) in [5.41, 5.74) is 0. The molecule has 0 aromatic rings. The second-order valence-corrected chi connectivity index (χ2v) is 3.69. The van der Waals surface area contributed by atoms with Crippen LogP contribution in [0.2, 0.25) is 0 Å². The number of nitrogens with zero attached hydrogens (tertiary/aromatic N) is 1. The predicted octanol–water partition coefficient (Wildman–Crippen LogP) is 2.67. The molecule has 0 radical (unpaired) electrons. The summed E-state index contributed by atoms with van der Waals surface area (Å²) in [6.45, 7) is 10.3. The van der Waals surface area contributed by atoms with E-state index in [2.05, 4.69) is 38.3 Å². The normalized spacial score (nSPS) is 13.8. The van der Waals surface area contributed by atoms with E-state index in [9.17, 15) is 0 Å². The molecule has 1 atom stereocenters. The van der Waals surface area contributed by atoms with Gasteiger partial charge in [-0.25, -0.2) is 0 Å². The molecule has 0 aliphatic heterocycles. The topological polar surface area (TPSA) is 3.24 Å². The summed E-state index contributed by atoms with van der Waals surface area (Å²) in [6, 6.07) is 0. The highest BCUT2D eigenvalue weighted by molar-refractivity contribution is 7.80. The van der Waals surface area contributed by atoms with Crippen LogP contribution >= 0.6 is 12.6 Å². The molecule has 1 nitrogen and oxygen atoms in total. The number of rotatable bonds is 7. The Morgan fingerprint density at radius 2 is 1.75 bits per heavy atom. The molecule has 1 unspecified atom stereocenters. The van der Waals surface area contributed by atoms with E-state index in [0.29, 0.717) is 0 Å². The lowest BCUT2D eigenvalue weighted by atomic mass is 10.1. The molecule has 0 bridgehead atoms. The molecule has 2 heteroatoms. The number of hydrogen-bond acceptors (Lipinski definition) is 2. The molecule has 0 aliphatic carbocycles. The van der Waals surface area contributed by atoms with Crippen molar-refractivity contribution in [1.29, 1.82) is 0 Å². The van der Waals surface area contributed by atoms with Crippen LogP contribution in [0, 0.1) is 5.92 Å². The third-order valence-corrected chi connectivity index (χ3v) is 2.88. The zero-order chi connectivity index (χ0) is 9.40. The van der Waals surface area contributed by atoms with Crippen LogP contribution in [0.1, 0.15) is 33.6 Å². The SMILES string of the molecule is CCCC(CS)CN(CC)CC. The molecule has 12 heavy (non-hydrogen) atoms. The van der Waals surface area contributed by atoms with Crippen molar-refractivity contribution in [3.05, 3.63) is 0 Å². The molecule has 0 saturated carbocycles. The van der Waals surface area contributed by atoms with Gasteiger partial charge in [-0.3, -0.25) is 0 Å². The van der Waals surface area contributed by atoms with E-state index in [1.165, 1.54) is 32.5 Å². The molecule has 0 aromatic heterocycles. The fourth-order valence-corrected chi connectivity index (χ4v) is 1.79. The van der Waals surface area contributed by atoms with Crippen molar-refractivity contribution in [3.63, 3.8) is 0 Å². The highest BCUT2D eigenvalue weighted by Crippen LogP contribution is 2.10. The minimum absolute atomic E-state index is 0.790. The lowest BCUT2D eigenvalue weighted by Gasteiger charge is -2.23. The molecule has 0 heterocycles. The Labute approximate surface area is 82.9 Å². The van der Waals surface area contributed by atoms with E-state index < -0.39 is 0 Å². The molecule has 0 rings (SSSR count). The van der Waals surface area contributed by atoms with E-state index in [-0.39, 0.29) is 0 Å². The Hall–Kier alpha value is 0.310. The van der Waals surface area contributed by atoms with Gasteiger partial charge in [0.1, 0.15) is 0 Å². The number of hydrogen-bond donors (Lipinski definition) is 1. The average molecular weight is 189 g/mol. The van der Waals surface area contributed by atoms with Crippen LogP contribution < -0.4 is 0 Å². The van der Waals surface area contributed by atoms with Crippen molar-refractivity contribution < 1.29 is 0 Å². The molecule has 0 aliphatic rings. The Kier molecular flexibility index (Phi) is 8.14. The van der Waals surface area contributed by atoms with E-state index in [1.54, 1.807) is 0 Å². The van der Waals surface area contributed by atoms with Gasteiger partial charge in [0, 0.05) is 6.54 Å². The van der Waals surface area contributed by atoms with Gasteiger partial charge in [0.05, 0.1) is 0 Å². The van der Waals surface area contributed by atoms with Gasteiger partial charge in [-0.1, -0.05) is 27.2 Å². The van der Waals surface area contributed by atoms with Gasteiger partial charge in [-0.2, -0.15) is 12.6 Å². The molecule has 0 amide bonds. The molecule has 0 fully saturated rings. The minimum atomic E-state index is 0.790. The first-order valence-electron chi connectivity index (χ1n) is 5.11. The zero-order valence-electron chi connectivity index (χ0n) is 8.71. The third kappa shape index (κ3) is 5.04. The van der Waals surface area contributed by atoms with Gasteiger partial charge in [0.15, 0.2) is 0 Å². The zero-order valence-corrected chi connectivity index (χ0v) is 9.61. The van der Waals surface area contributed by atoms with Crippen LogP contribution in [0.15, 0.2) is 0 Å². The van der Waals surface area contributed by atoms with Crippen LogP contribution in [0.25, 0.3) is 0 Å². The Morgan fingerprint density at radius 3 is 2.08 bits per heavy atom. The van der Waals surface area contributed by atoms with Crippen LogP contribution in [-0.4, -0.2) is 30.3 Å². The average Bonchev–Trinajstić information content (AvgIpc) is 2.12. The van der Waals surface area contributed by atoms with Crippen molar-refractivity contribution in [2.45, 2.75) is 33.6 Å². The second kappa shape index (κ2) is 7.93. The van der Waals surface area contributed by atoms with Gasteiger partial charge in [0.25, 0.3) is 0 Å². The quantitative estimate of drug-likeness (QED) is 0.603. The van der Waals surface area contributed by atoms with Gasteiger partial charge in [-0.15, -0.1) is 0 Å². The summed E-state index contributed by atoms with van der Waals surface area (Å²) in [5.74, 6) is 1.82. The predicted molar refractivity (Wildman–Crippen MR) is 60.0 cm³/mol. The summed E-state index contributed by atoms with van der Waals surface area (Å²) >= 11 is 4.38. The molecule has 0 spiro atoms. The molecule has 0 aromatic carbocycles. The smallest absolute Gasteiger partial charge is 0.00172 e. The monoisotopic (exact) mass is 189 g/mol. The van der Waals surface area contributed by atoms with Crippen LogP contribution in [0.5, 0.6) is 0 Å². The van der Waals surface area contributed by atoms with Gasteiger partial charge >= 0.3 is 0 Å². The summed E-state index contributed by atoms with van der Waals surface area (Å²) in [6.07, 6.45) is 2.60. The van der Waals surface area contributed by atoms with E-state index in [1.807, 2.05) is 0 Å². The van der Waals surface area contributed by atoms with E-state index >= 15 is 0 Å². The largest absolute Gasteiger partial charge is 0.304 e. The first-order chi connectivity index (χ1) is 5.78. The highest BCUT2D eigenvalue weighted by atomic mass is 32.1. The number of thiol groups is 1. The first-order valence-corrected chi connectivity index (χ1v) is 5.74. The van der Waals surface area contributed by atoms with Crippen LogP contribution in [0.3, 0.4) is 0 Å². The summed E-state index contributed by atoms with van der Waals surface area (Å²) in [7, 11) is 0. The van der Waals surface area contributed by atoms with Crippen molar-refractivity contribution >= 4 is 12.6 Å². The van der Waals surface area contributed by atoms with Gasteiger partial charge < -0.3 is 4.90 Å². The molecular formula is C10H23NS. The lowest BCUT2D eigenvalue weighted by Crippen LogP contribution is -2.29. The maximum Gasteiger partial charge on any atom is 0.00172 e. The molecule has 74 valence electrons. The Balaban J connectivity index is 3.65. The first kappa shape index (κ1) is 12.3. The third-order valence-electron chi connectivity index (χ3n) is 2.37. The van der Waals surface area contributed by atoms with Crippen molar-refractivity contribution in [2.24, 2.45) is 5.92 Å². The van der Waals surface area contributed by atoms with Crippen LogP contribution in [0.4, 0.5) is 0 Å². The minimum Gasteiger partial charge on any atom is -0.304 e. The Bertz CT molecular complexity index is 91.8.